The molecule has 0 saturated heterocycles. The Morgan fingerprint density at radius 1 is 1.12 bits per heavy atom. The predicted octanol–water partition coefficient (Wildman–Crippen LogP) is 3.81. The Labute approximate surface area is 149 Å². The van der Waals surface area contributed by atoms with Gasteiger partial charge < -0.3 is 0 Å². The van der Waals surface area contributed by atoms with Crippen molar-refractivity contribution in [3.8, 4) is 24.3 Å². The molecule has 6 heteroatoms. The van der Waals surface area contributed by atoms with Gasteiger partial charge in [-0.2, -0.15) is 21.0 Å². The zero-order valence-corrected chi connectivity index (χ0v) is 13.7. The van der Waals surface area contributed by atoms with Gasteiger partial charge in [0.2, 0.25) is 0 Å². The topological polar surface area (TPSA) is 108 Å². The van der Waals surface area contributed by atoms with Gasteiger partial charge in [-0.3, -0.25) is 0 Å². The minimum Gasteiger partial charge on any atom is -0.235 e. The van der Waals surface area contributed by atoms with Crippen molar-refractivity contribution in [3.05, 3.63) is 58.1 Å². The molecule has 1 aromatic carbocycles. The van der Waals surface area contributed by atoms with Gasteiger partial charge in [0.1, 0.15) is 35.7 Å². The fraction of sp³-hybridized carbons (Fsp3) is 0.150. The van der Waals surface area contributed by atoms with Crippen molar-refractivity contribution in [3.63, 3.8) is 0 Å². The van der Waals surface area contributed by atoms with Gasteiger partial charge in [-0.05, 0) is 41.2 Å². The van der Waals surface area contributed by atoms with E-state index in [0.29, 0.717) is 17.5 Å². The quantitative estimate of drug-likeness (QED) is 0.670. The summed E-state index contributed by atoms with van der Waals surface area (Å²) >= 11 is 0. The monoisotopic (exact) mass is 339 g/mol. The van der Waals surface area contributed by atoms with E-state index in [2.05, 4.69) is 4.99 Å². The van der Waals surface area contributed by atoms with Gasteiger partial charge in [0, 0.05) is 5.57 Å². The second kappa shape index (κ2) is 6.48. The normalized spacial score (nSPS) is 19.9. The highest BCUT2D eigenvalue weighted by atomic mass is 19.1. The Morgan fingerprint density at radius 2 is 1.85 bits per heavy atom. The Balaban J connectivity index is 2.45. The third-order valence-corrected chi connectivity index (χ3v) is 4.38. The lowest BCUT2D eigenvalue weighted by Crippen LogP contribution is -2.06. The molecule has 1 atom stereocenters. The summed E-state index contributed by atoms with van der Waals surface area (Å²) in [5, 5.41) is 37.4. The number of rotatable bonds is 0. The number of nitriles is 4. The van der Waals surface area contributed by atoms with Crippen molar-refractivity contribution in [2.24, 2.45) is 10.9 Å². The molecule has 0 aromatic heterocycles. The number of allylic oxidation sites excluding steroid dienone is 5. The molecule has 0 unspecified atom stereocenters. The lowest BCUT2D eigenvalue weighted by atomic mass is 9.90. The van der Waals surface area contributed by atoms with Crippen LogP contribution in [0.15, 0.2) is 46.1 Å². The smallest absolute Gasteiger partial charge is 0.158 e. The fourth-order valence-corrected chi connectivity index (χ4v) is 3.22. The van der Waals surface area contributed by atoms with Crippen LogP contribution in [0, 0.1) is 57.1 Å². The van der Waals surface area contributed by atoms with Crippen LogP contribution >= 0.6 is 0 Å². The molecule has 1 aliphatic carbocycles. The molecule has 0 radical (unpaired) electrons. The summed E-state index contributed by atoms with van der Waals surface area (Å²) < 4.78 is 13.9. The van der Waals surface area contributed by atoms with Crippen LogP contribution in [0.25, 0.3) is 11.1 Å². The summed E-state index contributed by atoms with van der Waals surface area (Å²) in [6.45, 7) is 1.92. The van der Waals surface area contributed by atoms with Crippen LogP contribution in [0.5, 0.6) is 0 Å². The molecule has 0 fully saturated rings. The van der Waals surface area contributed by atoms with Gasteiger partial charge in [0.25, 0.3) is 0 Å². The number of hydrogen-bond donors (Lipinski definition) is 0. The van der Waals surface area contributed by atoms with Crippen molar-refractivity contribution >= 4 is 16.9 Å². The van der Waals surface area contributed by atoms with E-state index < -0.39 is 5.82 Å². The van der Waals surface area contributed by atoms with Gasteiger partial charge in [-0.15, -0.1) is 0 Å². The Kier molecular flexibility index (Phi) is 4.20. The van der Waals surface area contributed by atoms with E-state index in [1.54, 1.807) is 12.1 Å². The molecule has 2 aliphatic rings. The van der Waals surface area contributed by atoms with E-state index in [4.69, 9.17) is 0 Å². The van der Waals surface area contributed by atoms with E-state index in [1.165, 1.54) is 12.1 Å². The number of halogens is 1. The molecule has 3 rings (SSSR count). The molecule has 1 aliphatic heterocycles. The average molecular weight is 339 g/mol. The maximum absolute atomic E-state index is 13.9. The minimum atomic E-state index is -0.500. The van der Waals surface area contributed by atoms with Crippen LogP contribution in [0.4, 0.5) is 4.39 Å². The predicted molar refractivity (Wildman–Crippen MR) is 92.0 cm³/mol. The fourth-order valence-electron chi connectivity index (χ4n) is 3.22. The van der Waals surface area contributed by atoms with Gasteiger partial charge >= 0.3 is 0 Å². The molecule has 0 bridgehead atoms. The first-order chi connectivity index (χ1) is 12.5. The number of benzene rings is 1. The summed E-state index contributed by atoms with van der Waals surface area (Å²) in [4.78, 5) is 4.32. The molecular weight excluding hydrogens is 329 g/mol. The molecule has 122 valence electrons. The molecular formula is C20H10FN5. The van der Waals surface area contributed by atoms with Crippen LogP contribution < -0.4 is 0 Å². The van der Waals surface area contributed by atoms with E-state index in [0.717, 1.165) is 5.57 Å². The summed E-state index contributed by atoms with van der Waals surface area (Å²) in [6, 6.07) is 11.7. The molecule has 5 nitrogen and oxygen atoms in total. The summed E-state index contributed by atoms with van der Waals surface area (Å²) in [5.41, 5.74) is 2.16. The highest BCUT2D eigenvalue weighted by molar-refractivity contribution is 6.16. The summed E-state index contributed by atoms with van der Waals surface area (Å²) in [6.07, 6.45) is 2.12. The van der Waals surface area contributed by atoms with Gasteiger partial charge in [0.15, 0.2) is 5.71 Å². The first-order valence-corrected chi connectivity index (χ1v) is 7.74. The highest BCUT2D eigenvalue weighted by Crippen LogP contribution is 2.48. The Bertz CT molecular complexity index is 1100. The zero-order valence-electron chi connectivity index (χ0n) is 13.7. The van der Waals surface area contributed by atoms with Gasteiger partial charge in [-0.1, -0.05) is 19.1 Å². The minimum absolute atomic E-state index is 0.0899. The zero-order chi connectivity index (χ0) is 18.8. The van der Waals surface area contributed by atoms with Crippen molar-refractivity contribution in [2.45, 2.75) is 13.3 Å². The Morgan fingerprint density at radius 3 is 2.46 bits per heavy atom. The van der Waals surface area contributed by atoms with Gasteiger partial charge in [-0.25, -0.2) is 9.38 Å². The first-order valence-electron chi connectivity index (χ1n) is 7.74. The standard InChI is InChI=1S/C20H10FN5/c1-11-2-3-12(7-22)17(10-25)26-20-18(11)15-5-4-14(21)6-16(15)19(20)13(8-23)9-24/h3-6,11H,2H2,1H3/b12-3+,26-17?/t11-/m0/s1. The number of fused-ring (bicyclic) bond motifs is 2. The number of aliphatic imine (C=N–C) groups is 1. The van der Waals surface area contributed by atoms with E-state index >= 15 is 0 Å². The molecule has 1 aromatic rings. The maximum Gasteiger partial charge on any atom is 0.158 e. The number of hydrogen-bond acceptors (Lipinski definition) is 5. The van der Waals surface area contributed by atoms with Gasteiger partial charge in [0.05, 0.1) is 11.3 Å². The lowest BCUT2D eigenvalue weighted by molar-refractivity contribution is 0.627. The molecule has 0 amide bonds. The highest BCUT2D eigenvalue weighted by Gasteiger charge is 2.33. The largest absolute Gasteiger partial charge is 0.235 e. The second-order valence-electron chi connectivity index (χ2n) is 5.86. The molecule has 0 N–H and O–H groups in total. The van der Waals surface area contributed by atoms with E-state index in [9.17, 15) is 25.4 Å². The lowest BCUT2D eigenvalue weighted by Gasteiger charge is -2.16. The Hall–Kier alpha value is -4.00. The van der Waals surface area contributed by atoms with Crippen molar-refractivity contribution in [1.82, 2.24) is 0 Å². The van der Waals surface area contributed by atoms with E-state index in [-0.39, 0.29) is 34.0 Å². The third-order valence-electron chi connectivity index (χ3n) is 4.38. The van der Waals surface area contributed by atoms with Crippen molar-refractivity contribution in [2.75, 3.05) is 0 Å². The third kappa shape index (κ3) is 2.48. The van der Waals surface area contributed by atoms with Crippen LogP contribution in [0.2, 0.25) is 0 Å². The maximum atomic E-state index is 13.9. The van der Waals surface area contributed by atoms with Crippen LogP contribution in [-0.2, 0) is 0 Å². The average Bonchev–Trinajstić information content (AvgIpc) is 2.93. The second-order valence-corrected chi connectivity index (χ2v) is 5.86. The van der Waals surface area contributed by atoms with Crippen LogP contribution in [0.1, 0.15) is 24.5 Å². The van der Waals surface area contributed by atoms with Crippen molar-refractivity contribution in [1.29, 1.82) is 21.0 Å². The molecule has 26 heavy (non-hydrogen) atoms. The first kappa shape index (κ1) is 16.8. The number of nitrogens with zero attached hydrogens (tertiary/aromatic N) is 5. The van der Waals surface area contributed by atoms with E-state index in [1.807, 2.05) is 31.2 Å². The summed E-state index contributed by atoms with van der Waals surface area (Å²) in [5.74, 6) is -0.599. The molecule has 1 heterocycles. The summed E-state index contributed by atoms with van der Waals surface area (Å²) in [7, 11) is 0. The SMILES string of the molecule is C[C@H]1C/C=C(\C#N)C(C#N)=NC2=C1c1ccc(F)cc1C2=C(C#N)C#N. The van der Waals surface area contributed by atoms with Crippen LogP contribution in [0.3, 0.4) is 0 Å². The molecule has 0 spiro atoms. The van der Waals surface area contributed by atoms with Crippen LogP contribution in [-0.4, -0.2) is 5.71 Å². The van der Waals surface area contributed by atoms with Crippen molar-refractivity contribution < 1.29 is 4.39 Å². The molecule has 0 saturated carbocycles.